The van der Waals surface area contributed by atoms with Gasteiger partial charge in [-0.2, -0.15) is 9.67 Å². The fourth-order valence-corrected chi connectivity index (χ4v) is 6.27. The molecule has 2 aliphatic heterocycles. The first-order chi connectivity index (χ1) is 21.9. The predicted molar refractivity (Wildman–Crippen MR) is 168 cm³/mol. The second-order valence-corrected chi connectivity index (χ2v) is 12.6. The van der Waals surface area contributed by atoms with Crippen molar-refractivity contribution >= 4 is 52.3 Å². The van der Waals surface area contributed by atoms with Crippen molar-refractivity contribution in [2.75, 3.05) is 42.4 Å². The third kappa shape index (κ3) is 4.54. The van der Waals surface area contributed by atoms with Crippen molar-refractivity contribution < 1.29 is 33.7 Å². The Kier molecular flexibility index (Phi) is 6.58. The quantitative estimate of drug-likeness (QED) is 0.294. The van der Waals surface area contributed by atoms with Crippen molar-refractivity contribution in [2.24, 2.45) is 0 Å². The maximum atomic E-state index is 13.7. The number of aromatic nitrogens is 4. The van der Waals surface area contributed by atoms with Crippen LogP contribution in [0, 0.1) is 0 Å². The highest BCUT2D eigenvalue weighted by Gasteiger charge is 2.68. The zero-order valence-electron chi connectivity index (χ0n) is 26.0. The summed E-state index contributed by atoms with van der Waals surface area (Å²) in [6.45, 7) is 7.02. The van der Waals surface area contributed by atoms with E-state index in [4.69, 9.17) is 14.2 Å². The molecule has 0 bridgehead atoms. The lowest BCUT2D eigenvalue weighted by atomic mass is 9.91. The van der Waals surface area contributed by atoms with Gasteiger partial charge in [-0.3, -0.25) is 4.79 Å². The number of fused-ring (bicyclic) bond motifs is 3. The highest BCUT2D eigenvalue weighted by molar-refractivity contribution is 6.22. The summed E-state index contributed by atoms with van der Waals surface area (Å²) in [6, 6.07) is 10.4. The molecule has 0 unspecified atom stereocenters. The van der Waals surface area contributed by atoms with Gasteiger partial charge in [-0.15, -0.1) is 5.10 Å². The van der Waals surface area contributed by atoms with E-state index >= 15 is 0 Å². The molecule has 2 fully saturated rings. The van der Waals surface area contributed by atoms with Gasteiger partial charge in [0.05, 0.1) is 37.0 Å². The van der Waals surface area contributed by atoms with Crippen molar-refractivity contribution in [2.45, 2.75) is 50.5 Å². The summed E-state index contributed by atoms with van der Waals surface area (Å²) in [5, 5.41) is 18.3. The van der Waals surface area contributed by atoms with Crippen LogP contribution in [-0.4, -0.2) is 75.9 Å². The first-order valence-electron chi connectivity index (χ1n) is 14.9. The van der Waals surface area contributed by atoms with Crippen LogP contribution in [0.15, 0.2) is 42.6 Å². The molecular weight excluding hydrogens is 594 g/mol. The molecule has 1 spiro atoms. The number of ether oxygens (including phenoxy) is 3. The summed E-state index contributed by atoms with van der Waals surface area (Å²) in [5.74, 6) is 1.35. The van der Waals surface area contributed by atoms with Crippen LogP contribution in [-0.2, 0) is 14.9 Å². The average Bonchev–Trinajstić information content (AvgIpc) is 3.57. The van der Waals surface area contributed by atoms with E-state index in [1.807, 2.05) is 17.0 Å². The number of hydrogen-bond donors (Lipinski definition) is 2. The maximum absolute atomic E-state index is 13.7. The highest BCUT2D eigenvalue weighted by atomic mass is 16.6. The molecule has 0 radical (unpaired) electrons. The zero-order chi connectivity index (χ0) is 32.5. The van der Waals surface area contributed by atoms with Crippen LogP contribution in [0.3, 0.4) is 0 Å². The molecule has 3 aliphatic rings. The minimum atomic E-state index is -1.34. The van der Waals surface area contributed by atoms with Gasteiger partial charge in [-0.25, -0.2) is 19.5 Å². The Morgan fingerprint density at radius 1 is 1.07 bits per heavy atom. The Morgan fingerprint density at radius 3 is 2.50 bits per heavy atom. The number of nitrogens with one attached hydrogen (secondary N) is 1. The monoisotopic (exact) mass is 627 g/mol. The maximum Gasteiger partial charge on any atom is 0.435 e. The number of carbonyl (C=O) groups is 3. The van der Waals surface area contributed by atoms with Crippen molar-refractivity contribution in [1.82, 2.24) is 19.7 Å². The molecule has 1 saturated heterocycles. The van der Waals surface area contributed by atoms with Gasteiger partial charge in [0, 0.05) is 24.4 Å². The number of rotatable bonds is 6. The van der Waals surface area contributed by atoms with Gasteiger partial charge < -0.3 is 29.5 Å². The van der Waals surface area contributed by atoms with Gasteiger partial charge in [-0.05, 0) is 75.1 Å². The minimum Gasteiger partial charge on any atom is -0.497 e. The average molecular weight is 628 g/mol. The first-order valence-corrected chi connectivity index (χ1v) is 14.9. The highest BCUT2D eigenvalue weighted by Crippen LogP contribution is 2.67. The SMILES string of the molecule is COc1ccc2c(c1)[C@]1(C[C@H]1c1ccc3c(Nc4nc(N5CCC5)ncc4OC)nn(C(=O)OC(C)(C)C)c3c1)C(=O)N2C(=O)O. The number of methoxy groups -OCH3 is 2. The molecule has 4 heterocycles. The molecule has 2 aromatic heterocycles. The summed E-state index contributed by atoms with van der Waals surface area (Å²) in [7, 11) is 3.04. The van der Waals surface area contributed by atoms with E-state index in [1.165, 1.54) is 18.9 Å². The number of benzene rings is 2. The van der Waals surface area contributed by atoms with E-state index in [2.05, 4.69) is 20.4 Å². The summed E-state index contributed by atoms with van der Waals surface area (Å²) in [4.78, 5) is 51.2. The lowest BCUT2D eigenvalue weighted by molar-refractivity contribution is -0.119. The van der Waals surface area contributed by atoms with Crippen molar-refractivity contribution in [3.05, 3.63) is 53.7 Å². The fourth-order valence-electron chi connectivity index (χ4n) is 6.27. The topological polar surface area (TPSA) is 161 Å². The van der Waals surface area contributed by atoms with Gasteiger partial charge >= 0.3 is 12.2 Å². The molecule has 2 amide bonds. The van der Waals surface area contributed by atoms with Gasteiger partial charge in [0.25, 0.3) is 0 Å². The largest absolute Gasteiger partial charge is 0.497 e. The molecule has 2 aromatic carbocycles. The predicted octanol–water partition coefficient (Wildman–Crippen LogP) is 5.03. The summed E-state index contributed by atoms with van der Waals surface area (Å²) in [5.41, 5.74) is 0.249. The number of hydrogen-bond acceptors (Lipinski definition) is 11. The third-order valence-corrected chi connectivity index (χ3v) is 8.67. The molecule has 238 valence electrons. The van der Waals surface area contributed by atoms with E-state index in [0.29, 0.717) is 57.7 Å². The Morgan fingerprint density at radius 2 is 1.85 bits per heavy atom. The Labute approximate surface area is 263 Å². The summed E-state index contributed by atoms with van der Waals surface area (Å²) < 4.78 is 17.8. The zero-order valence-corrected chi connectivity index (χ0v) is 26.0. The summed E-state index contributed by atoms with van der Waals surface area (Å²) in [6.07, 6.45) is 1.02. The first kappa shape index (κ1) is 29.3. The van der Waals surface area contributed by atoms with Gasteiger partial charge in [0.1, 0.15) is 11.4 Å². The number of carboxylic acid groups (broad SMARTS) is 1. The number of amides is 2. The molecule has 4 aromatic rings. The second kappa shape index (κ2) is 10.3. The second-order valence-electron chi connectivity index (χ2n) is 12.6. The molecule has 1 aliphatic carbocycles. The van der Waals surface area contributed by atoms with Crippen LogP contribution in [0.25, 0.3) is 10.9 Å². The third-order valence-electron chi connectivity index (χ3n) is 8.67. The smallest absolute Gasteiger partial charge is 0.435 e. The van der Waals surface area contributed by atoms with E-state index < -0.39 is 29.1 Å². The summed E-state index contributed by atoms with van der Waals surface area (Å²) >= 11 is 0. The van der Waals surface area contributed by atoms with Gasteiger partial charge in [0.15, 0.2) is 17.4 Å². The van der Waals surface area contributed by atoms with E-state index in [0.717, 1.165) is 30.0 Å². The number of anilines is 4. The Bertz CT molecular complexity index is 1930. The molecule has 7 rings (SSSR count). The van der Waals surface area contributed by atoms with Gasteiger partial charge in [0.2, 0.25) is 11.9 Å². The normalized spacial score (nSPS) is 20.0. The van der Waals surface area contributed by atoms with Crippen LogP contribution in [0.2, 0.25) is 0 Å². The van der Waals surface area contributed by atoms with Gasteiger partial charge in [-0.1, -0.05) is 6.07 Å². The van der Waals surface area contributed by atoms with Crippen LogP contribution >= 0.6 is 0 Å². The van der Waals surface area contributed by atoms with E-state index in [-0.39, 0.29) is 5.92 Å². The molecule has 2 atom stereocenters. The molecule has 14 heteroatoms. The van der Waals surface area contributed by atoms with Crippen molar-refractivity contribution in [3.8, 4) is 11.5 Å². The molecule has 46 heavy (non-hydrogen) atoms. The van der Waals surface area contributed by atoms with Crippen LogP contribution in [0.1, 0.15) is 50.7 Å². The molecule has 14 nitrogen and oxygen atoms in total. The van der Waals surface area contributed by atoms with Crippen LogP contribution in [0.4, 0.5) is 32.9 Å². The van der Waals surface area contributed by atoms with Crippen molar-refractivity contribution in [3.63, 3.8) is 0 Å². The lowest BCUT2D eigenvalue weighted by Crippen LogP contribution is -2.38. The van der Waals surface area contributed by atoms with Crippen LogP contribution in [0.5, 0.6) is 11.5 Å². The van der Waals surface area contributed by atoms with Crippen LogP contribution < -0.4 is 24.6 Å². The minimum absolute atomic E-state index is 0.323. The number of imide groups is 1. The van der Waals surface area contributed by atoms with E-state index in [9.17, 15) is 19.5 Å². The lowest BCUT2D eigenvalue weighted by Gasteiger charge is -2.31. The number of carbonyl (C=O) groups excluding carboxylic acids is 2. The standard InChI is InChI=1S/C32H33N7O7/c1-31(2,3)46-30(43)39-23-13-17(21-15-32(21)20-14-18(44-4)8-10-22(20)38(27(32)40)29(41)42)7-9-19(23)25(36-39)34-26-24(45-5)16-33-28(35-26)37-11-6-12-37/h7-10,13-14,16,21H,6,11-12,15H2,1-5H3,(H,41,42)(H,33,34,35,36)/t21-,32-/m0/s1. The molecule has 2 N–H and O–H groups in total. The number of nitrogens with zero attached hydrogens (tertiary/aromatic N) is 6. The molecular formula is C32H33N7O7. The Hall–Kier alpha value is -5.40. The van der Waals surface area contributed by atoms with E-state index in [1.54, 1.807) is 51.2 Å². The Balaban J connectivity index is 1.31. The fraction of sp³-hybridized carbons (Fsp3) is 0.375. The van der Waals surface area contributed by atoms with Crippen molar-refractivity contribution in [1.29, 1.82) is 0 Å². The molecule has 1 saturated carbocycles.